The van der Waals surface area contributed by atoms with E-state index in [4.69, 9.17) is 0 Å². The maximum Gasteiger partial charge on any atom is 0.255 e. The molecule has 0 N–H and O–H groups in total. The molecule has 0 unspecified atom stereocenters. The van der Waals surface area contributed by atoms with Crippen LogP contribution in [0.1, 0.15) is 73.7 Å². The third kappa shape index (κ3) is 3.56. The van der Waals surface area contributed by atoms with E-state index >= 15 is 0 Å². The maximum absolute atomic E-state index is 13.3. The van der Waals surface area contributed by atoms with Crippen LogP contribution in [-0.2, 0) is 11.3 Å². The number of imidazole rings is 1. The first kappa shape index (κ1) is 19.7. The second-order valence-electron chi connectivity index (χ2n) is 8.40. The fourth-order valence-electron chi connectivity index (χ4n) is 4.70. The zero-order valence-corrected chi connectivity index (χ0v) is 17.5. The highest BCUT2D eigenvalue weighted by Crippen LogP contribution is 2.31. The first-order chi connectivity index (χ1) is 14.0. The number of piperidine rings is 1. The Balaban J connectivity index is 1.42. The minimum atomic E-state index is -0.385. The van der Waals surface area contributed by atoms with Gasteiger partial charge in [0.1, 0.15) is 11.9 Å². The van der Waals surface area contributed by atoms with E-state index in [1.165, 1.54) is 0 Å². The summed E-state index contributed by atoms with van der Waals surface area (Å²) < 4.78 is 2.23. The normalized spacial score (nSPS) is 18.4. The second kappa shape index (κ2) is 8.01. The number of hydrogen-bond donors (Lipinski definition) is 0. The van der Waals surface area contributed by atoms with Crippen molar-refractivity contribution in [2.45, 2.75) is 64.6 Å². The van der Waals surface area contributed by atoms with E-state index in [2.05, 4.69) is 23.4 Å². The van der Waals surface area contributed by atoms with Crippen molar-refractivity contribution in [3.63, 3.8) is 0 Å². The van der Waals surface area contributed by atoms with Crippen molar-refractivity contribution in [3.05, 3.63) is 53.6 Å². The molecule has 2 aliphatic heterocycles. The van der Waals surface area contributed by atoms with E-state index in [0.29, 0.717) is 24.9 Å². The van der Waals surface area contributed by atoms with Gasteiger partial charge >= 0.3 is 0 Å². The van der Waals surface area contributed by atoms with Crippen LogP contribution in [0, 0.1) is 0 Å². The van der Waals surface area contributed by atoms with Crippen LogP contribution < -0.4 is 0 Å². The molecular weight excluding hydrogens is 364 g/mol. The third-order valence-corrected chi connectivity index (χ3v) is 6.32. The van der Waals surface area contributed by atoms with Gasteiger partial charge in [-0.1, -0.05) is 25.1 Å². The van der Waals surface area contributed by atoms with Gasteiger partial charge in [0.2, 0.25) is 5.91 Å². The van der Waals surface area contributed by atoms with Gasteiger partial charge in [-0.3, -0.25) is 9.59 Å². The van der Waals surface area contributed by atoms with Crippen LogP contribution in [-0.4, -0.2) is 50.3 Å². The molecule has 1 fully saturated rings. The van der Waals surface area contributed by atoms with Crippen LogP contribution in [0.15, 0.2) is 36.7 Å². The zero-order chi connectivity index (χ0) is 20.5. The lowest BCUT2D eigenvalue weighted by Crippen LogP contribution is -2.50. The monoisotopic (exact) mass is 394 g/mol. The second-order valence-corrected chi connectivity index (χ2v) is 8.40. The van der Waals surface area contributed by atoms with Crippen molar-refractivity contribution in [1.82, 2.24) is 19.4 Å². The number of benzene rings is 1. The molecule has 6 heteroatoms. The molecule has 0 spiro atoms. The number of rotatable bonds is 5. The summed E-state index contributed by atoms with van der Waals surface area (Å²) >= 11 is 0. The van der Waals surface area contributed by atoms with Crippen LogP contribution in [0.2, 0.25) is 0 Å². The Morgan fingerprint density at radius 2 is 1.93 bits per heavy atom. The van der Waals surface area contributed by atoms with Crippen LogP contribution in [0.3, 0.4) is 0 Å². The summed E-state index contributed by atoms with van der Waals surface area (Å²) in [6, 6.07) is 7.67. The van der Waals surface area contributed by atoms with Crippen LogP contribution in [0.5, 0.6) is 0 Å². The number of nitrogens with zero attached hydrogens (tertiary/aromatic N) is 4. The summed E-state index contributed by atoms with van der Waals surface area (Å²) in [5.74, 6) is 1.58. The summed E-state index contributed by atoms with van der Waals surface area (Å²) in [6.07, 6.45) is 6.38. The topological polar surface area (TPSA) is 58.4 Å². The summed E-state index contributed by atoms with van der Waals surface area (Å²) in [4.78, 5) is 34.4. The van der Waals surface area contributed by atoms with E-state index in [1.807, 2.05) is 48.5 Å². The van der Waals surface area contributed by atoms with E-state index in [1.54, 1.807) is 4.90 Å². The standard InChI is InChI=1S/C23H30N4O2/c1-4-20(27-15-18-7-5-6-8-19(18)22(27)28)23(29)25-12-9-17(10-13-25)21-24-11-14-26(21)16(2)3/h5-8,11,14,16-17,20H,4,9-10,12-13,15H2,1-3H3/t20-/m0/s1. The average molecular weight is 395 g/mol. The Morgan fingerprint density at radius 1 is 1.21 bits per heavy atom. The highest BCUT2D eigenvalue weighted by molar-refractivity contribution is 6.01. The molecule has 2 amide bonds. The van der Waals surface area contributed by atoms with Crippen LogP contribution in [0.4, 0.5) is 0 Å². The third-order valence-electron chi connectivity index (χ3n) is 6.32. The molecule has 0 aliphatic carbocycles. The van der Waals surface area contributed by atoms with E-state index in [9.17, 15) is 9.59 Å². The Labute approximate surface area is 172 Å². The Bertz CT molecular complexity index is 896. The Morgan fingerprint density at radius 3 is 2.59 bits per heavy atom. The van der Waals surface area contributed by atoms with Crippen molar-refractivity contribution in [1.29, 1.82) is 0 Å². The first-order valence-corrected chi connectivity index (χ1v) is 10.7. The van der Waals surface area contributed by atoms with Crippen molar-refractivity contribution in [2.24, 2.45) is 0 Å². The highest BCUT2D eigenvalue weighted by atomic mass is 16.2. The molecule has 1 atom stereocenters. The molecule has 6 nitrogen and oxygen atoms in total. The quantitative estimate of drug-likeness (QED) is 0.778. The average Bonchev–Trinajstić information content (AvgIpc) is 3.35. The summed E-state index contributed by atoms with van der Waals surface area (Å²) in [5, 5.41) is 0. The van der Waals surface area contributed by atoms with Gasteiger partial charge in [-0.05, 0) is 44.7 Å². The Hall–Kier alpha value is -2.63. The summed E-state index contributed by atoms with van der Waals surface area (Å²) in [6.45, 7) is 8.30. The lowest BCUT2D eigenvalue weighted by Gasteiger charge is -2.36. The van der Waals surface area contributed by atoms with E-state index in [0.717, 1.165) is 42.9 Å². The first-order valence-electron chi connectivity index (χ1n) is 10.7. The smallest absolute Gasteiger partial charge is 0.255 e. The predicted molar refractivity (Wildman–Crippen MR) is 112 cm³/mol. The van der Waals surface area contributed by atoms with Crippen LogP contribution in [0.25, 0.3) is 0 Å². The van der Waals surface area contributed by atoms with Gasteiger partial charge in [-0.25, -0.2) is 4.98 Å². The summed E-state index contributed by atoms with van der Waals surface area (Å²) in [7, 11) is 0. The largest absolute Gasteiger partial charge is 0.341 e. The molecule has 2 aromatic rings. The van der Waals surface area contributed by atoms with Crippen molar-refractivity contribution >= 4 is 11.8 Å². The van der Waals surface area contributed by atoms with Gasteiger partial charge < -0.3 is 14.4 Å². The molecule has 1 aromatic carbocycles. The molecule has 0 bridgehead atoms. The zero-order valence-electron chi connectivity index (χ0n) is 17.5. The van der Waals surface area contributed by atoms with Gasteiger partial charge in [0.05, 0.1) is 0 Å². The van der Waals surface area contributed by atoms with Crippen LogP contribution >= 0.6 is 0 Å². The summed E-state index contributed by atoms with van der Waals surface area (Å²) in [5.41, 5.74) is 1.75. The molecule has 4 rings (SSSR count). The molecule has 0 saturated carbocycles. The Kier molecular flexibility index (Phi) is 5.43. The van der Waals surface area contributed by atoms with Gasteiger partial charge in [0.25, 0.3) is 5.91 Å². The van der Waals surface area contributed by atoms with E-state index in [-0.39, 0.29) is 17.9 Å². The highest BCUT2D eigenvalue weighted by Gasteiger charge is 2.38. The number of hydrogen-bond acceptors (Lipinski definition) is 3. The maximum atomic E-state index is 13.3. The molecule has 154 valence electrons. The van der Waals surface area contributed by atoms with Gasteiger partial charge in [-0.2, -0.15) is 0 Å². The number of amides is 2. The fraction of sp³-hybridized carbons (Fsp3) is 0.522. The molecule has 29 heavy (non-hydrogen) atoms. The molecule has 2 aliphatic rings. The van der Waals surface area contributed by atoms with Gasteiger partial charge in [-0.15, -0.1) is 0 Å². The van der Waals surface area contributed by atoms with Crippen molar-refractivity contribution in [2.75, 3.05) is 13.1 Å². The molecule has 0 radical (unpaired) electrons. The minimum absolute atomic E-state index is 0.0188. The van der Waals surface area contributed by atoms with Crippen molar-refractivity contribution in [3.8, 4) is 0 Å². The van der Waals surface area contributed by atoms with Gasteiger partial charge in [0, 0.05) is 49.6 Å². The number of aromatic nitrogens is 2. The minimum Gasteiger partial charge on any atom is -0.341 e. The number of fused-ring (bicyclic) bond motifs is 1. The molecule has 1 aromatic heterocycles. The molecular formula is C23H30N4O2. The lowest BCUT2D eigenvalue weighted by atomic mass is 9.95. The SMILES string of the molecule is CC[C@@H](C(=O)N1CCC(c2nccn2C(C)C)CC1)N1Cc2ccccc2C1=O. The van der Waals surface area contributed by atoms with E-state index < -0.39 is 0 Å². The predicted octanol–water partition coefficient (Wildman–Crippen LogP) is 3.60. The fourth-order valence-corrected chi connectivity index (χ4v) is 4.70. The van der Waals surface area contributed by atoms with Crippen molar-refractivity contribution < 1.29 is 9.59 Å². The van der Waals surface area contributed by atoms with Gasteiger partial charge in [0.15, 0.2) is 0 Å². The molecule has 1 saturated heterocycles. The lowest BCUT2D eigenvalue weighted by molar-refractivity contribution is -0.137. The molecule has 3 heterocycles. The number of carbonyl (C=O) groups excluding carboxylic acids is 2. The number of likely N-dealkylation sites (tertiary alicyclic amines) is 1. The number of carbonyl (C=O) groups is 2.